The first kappa shape index (κ1) is 25.8. The maximum atomic E-state index is 13.2. The number of carbonyl (C=O) groups excluding carboxylic acids is 3. The number of unbranched alkanes of at least 4 members (excludes halogenated alkanes) is 5. The number of allylic oxidation sites excluding steroid dienone is 1. The van der Waals surface area contributed by atoms with Crippen molar-refractivity contribution in [3.63, 3.8) is 0 Å². The van der Waals surface area contributed by atoms with Crippen molar-refractivity contribution < 1.29 is 39.2 Å². The van der Waals surface area contributed by atoms with E-state index in [0.717, 1.165) is 32.1 Å². The second-order valence-electron chi connectivity index (χ2n) is 10.5. The van der Waals surface area contributed by atoms with Gasteiger partial charge in [0.25, 0.3) is 0 Å². The minimum Gasteiger partial charge on any atom is -0.456 e. The Kier molecular flexibility index (Phi) is 8.02. The van der Waals surface area contributed by atoms with Gasteiger partial charge >= 0.3 is 11.9 Å². The lowest BCUT2D eigenvalue weighted by atomic mass is 9.46. The molecule has 0 bridgehead atoms. The van der Waals surface area contributed by atoms with Gasteiger partial charge in [0.2, 0.25) is 6.29 Å². The first-order chi connectivity index (χ1) is 15.6. The fraction of sp³-hybridized carbons (Fsp3) is 0.800. The predicted molar refractivity (Wildman–Crippen MR) is 119 cm³/mol. The molecule has 8 heteroatoms. The molecule has 1 heterocycles. The summed E-state index contributed by atoms with van der Waals surface area (Å²) in [7, 11) is 0. The molecule has 186 valence electrons. The van der Waals surface area contributed by atoms with Gasteiger partial charge in [-0.25, -0.2) is 4.79 Å². The van der Waals surface area contributed by atoms with Crippen molar-refractivity contribution in [3.8, 4) is 0 Å². The molecule has 3 N–H and O–H groups in total. The van der Waals surface area contributed by atoms with Crippen molar-refractivity contribution in [2.75, 3.05) is 0 Å². The van der Waals surface area contributed by atoms with Crippen LogP contribution in [0.2, 0.25) is 0 Å². The Morgan fingerprint density at radius 1 is 1.24 bits per heavy atom. The van der Waals surface area contributed by atoms with Gasteiger partial charge in [0.05, 0.1) is 12.0 Å². The fourth-order valence-corrected chi connectivity index (χ4v) is 6.32. The third-order valence-electron chi connectivity index (χ3n) is 7.89. The molecule has 33 heavy (non-hydrogen) atoms. The molecule has 0 aromatic heterocycles. The van der Waals surface area contributed by atoms with Crippen LogP contribution in [0.25, 0.3) is 0 Å². The van der Waals surface area contributed by atoms with Gasteiger partial charge in [0.1, 0.15) is 17.8 Å². The van der Waals surface area contributed by atoms with Crippen molar-refractivity contribution in [1.29, 1.82) is 0 Å². The van der Waals surface area contributed by atoms with Gasteiger partial charge in [-0.15, -0.1) is 0 Å². The van der Waals surface area contributed by atoms with E-state index in [4.69, 9.17) is 9.47 Å². The molecule has 3 aliphatic rings. The zero-order valence-electron chi connectivity index (χ0n) is 19.9. The molecule has 1 saturated carbocycles. The van der Waals surface area contributed by atoms with Gasteiger partial charge in [0.15, 0.2) is 6.10 Å². The Bertz CT molecular complexity index is 774. The Morgan fingerprint density at radius 2 is 1.91 bits per heavy atom. The molecular weight excluding hydrogens is 428 g/mol. The molecule has 2 fully saturated rings. The number of ether oxygens (including phenoxy) is 2. The molecule has 8 nitrogen and oxygen atoms in total. The Hall–Kier alpha value is -1.77. The van der Waals surface area contributed by atoms with Gasteiger partial charge in [-0.2, -0.15) is 0 Å². The van der Waals surface area contributed by atoms with Crippen LogP contribution in [0, 0.1) is 22.7 Å². The molecule has 0 radical (unpaired) electrons. The second-order valence-corrected chi connectivity index (χ2v) is 10.5. The van der Waals surface area contributed by atoms with E-state index < -0.39 is 59.2 Å². The largest absolute Gasteiger partial charge is 0.456 e. The van der Waals surface area contributed by atoms with Gasteiger partial charge in [-0.05, 0) is 36.2 Å². The van der Waals surface area contributed by atoms with Crippen molar-refractivity contribution in [1.82, 2.24) is 0 Å². The molecule has 2 aliphatic carbocycles. The summed E-state index contributed by atoms with van der Waals surface area (Å²) in [4.78, 5) is 37.8. The highest BCUT2D eigenvalue weighted by molar-refractivity contribution is 5.87. The standard InChI is InChI=1S/C25H38O8/c1-4-5-6-7-8-9-10-16(27)21(29)32-20-17(28)13-24(2,3)18-12-11-15(14-26)19-22(30)33-23(31)25(18,19)20/h11,14,16-20,22,27-28,30H,4-10,12-13H2,1-3H3/t16-,17-,18-,19+,20-,22-,25+/m0/s1. The number of cyclic esters (lactones) is 1. The van der Waals surface area contributed by atoms with Gasteiger partial charge in [0, 0.05) is 0 Å². The van der Waals surface area contributed by atoms with Crippen LogP contribution in [-0.4, -0.2) is 58.1 Å². The average Bonchev–Trinajstić information content (AvgIpc) is 3.02. The zero-order valence-corrected chi connectivity index (χ0v) is 19.9. The van der Waals surface area contributed by atoms with Gasteiger partial charge in [-0.3, -0.25) is 9.59 Å². The summed E-state index contributed by atoms with van der Waals surface area (Å²) in [6.07, 6.45) is 3.59. The van der Waals surface area contributed by atoms with Crippen molar-refractivity contribution in [2.45, 2.75) is 103 Å². The second kappa shape index (κ2) is 10.2. The van der Waals surface area contributed by atoms with E-state index in [0.29, 0.717) is 19.1 Å². The lowest BCUT2D eigenvalue weighted by Crippen LogP contribution is -2.65. The van der Waals surface area contributed by atoms with E-state index in [9.17, 15) is 29.7 Å². The number of aliphatic hydroxyl groups excluding tert-OH is 3. The number of aliphatic hydroxyl groups is 3. The van der Waals surface area contributed by atoms with E-state index in [1.54, 1.807) is 6.08 Å². The minimum absolute atomic E-state index is 0.197. The highest BCUT2D eigenvalue weighted by atomic mass is 16.6. The van der Waals surface area contributed by atoms with E-state index in [-0.39, 0.29) is 18.4 Å². The van der Waals surface area contributed by atoms with E-state index in [1.807, 2.05) is 13.8 Å². The van der Waals surface area contributed by atoms with Crippen LogP contribution in [0.1, 0.15) is 78.6 Å². The molecule has 0 amide bonds. The van der Waals surface area contributed by atoms with Crippen molar-refractivity contribution in [2.24, 2.45) is 22.7 Å². The quantitative estimate of drug-likeness (QED) is 0.254. The maximum absolute atomic E-state index is 13.2. The van der Waals surface area contributed by atoms with Crippen LogP contribution < -0.4 is 0 Å². The third kappa shape index (κ3) is 4.62. The Morgan fingerprint density at radius 3 is 2.58 bits per heavy atom. The smallest absolute Gasteiger partial charge is 0.335 e. The average molecular weight is 467 g/mol. The maximum Gasteiger partial charge on any atom is 0.335 e. The predicted octanol–water partition coefficient (Wildman–Crippen LogP) is 2.42. The van der Waals surface area contributed by atoms with Crippen LogP contribution in [0.4, 0.5) is 0 Å². The van der Waals surface area contributed by atoms with Crippen LogP contribution >= 0.6 is 0 Å². The van der Waals surface area contributed by atoms with Crippen molar-refractivity contribution >= 4 is 18.2 Å². The third-order valence-corrected chi connectivity index (χ3v) is 7.89. The molecule has 0 unspecified atom stereocenters. The van der Waals surface area contributed by atoms with Crippen LogP contribution in [0.15, 0.2) is 11.6 Å². The van der Waals surface area contributed by atoms with Crippen LogP contribution in [0.5, 0.6) is 0 Å². The highest BCUT2D eigenvalue weighted by Crippen LogP contribution is 2.64. The summed E-state index contributed by atoms with van der Waals surface area (Å²) in [5.74, 6) is -3.17. The molecule has 3 rings (SSSR count). The fourth-order valence-electron chi connectivity index (χ4n) is 6.32. The van der Waals surface area contributed by atoms with Gasteiger partial charge < -0.3 is 24.8 Å². The molecule has 7 atom stereocenters. The number of hydrogen-bond acceptors (Lipinski definition) is 8. The van der Waals surface area contributed by atoms with E-state index in [2.05, 4.69) is 6.92 Å². The SMILES string of the molecule is CCCCCCCC[C@H](O)C(=O)O[C@H]1[C@@H](O)CC(C)(C)[C@@H]2CC=C(C=O)[C@@H]3[C@@H](O)OC(=O)[C@]312. The zero-order chi connectivity index (χ0) is 24.4. The van der Waals surface area contributed by atoms with E-state index in [1.165, 1.54) is 0 Å². The summed E-state index contributed by atoms with van der Waals surface area (Å²) >= 11 is 0. The topological polar surface area (TPSA) is 130 Å². The Labute approximate surface area is 195 Å². The Balaban J connectivity index is 1.82. The molecular formula is C25H38O8. The molecule has 1 aliphatic heterocycles. The first-order valence-electron chi connectivity index (χ1n) is 12.2. The number of rotatable bonds is 10. The lowest BCUT2D eigenvalue weighted by molar-refractivity contribution is -0.215. The minimum atomic E-state index is -1.60. The molecule has 0 aromatic carbocycles. The molecule has 0 aromatic rings. The number of esters is 2. The summed E-state index contributed by atoms with van der Waals surface area (Å²) in [6.45, 7) is 5.94. The lowest BCUT2D eigenvalue weighted by Gasteiger charge is -2.57. The summed E-state index contributed by atoms with van der Waals surface area (Å²) < 4.78 is 10.8. The number of hydrogen-bond donors (Lipinski definition) is 3. The number of aldehydes is 1. The molecule has 1 spiro atoms. The summed E-state index contributed by atoms with van der Waals surface area (Å²) in [6, 6.07) is 0. The monoisotopic (exact) mass is 466 g/mol. The highest BCUT2D eigenvalue weighted by Gasteiger charge is 2.74. The summed E-state index contributed by atoms with van der Waals surface area (Å²) in [5.41, 5.74) is -1.95. The van der Waals surface area contributed by atoms with Crippen LogP contribution in [-0.2, 0) is 23.9 Å². The van der Waals surface area contributed by atoms with E-state index >= 15 is 0 Å². The summed E-state index contributed by atoms with van der Waals surface area (Å²) in [5, 5.41) is 32.0. The number of carbonyl (C=O) groups is 3. The molecule has 1 saturated heterocycles. The van der Waals surface area contributed by atoms with Gasteiger partial charge in [-0.1, -0.05) is 65.4 Å². The van der Waals surface area contributed by atoms with Crippen molar-refractivity contribution in [3.05, 3.63) is 11.6 Å². The van der Waals surface area contributed by atoms with Crippen LogP contribution in [0.3, 0.4) is 0 Å². The first-order valence-corrected chi connectivity index (χ1v) is 12.2. The normalized spacial score (nSPS) is 35.6.